The number of rotatable bonds is 2. The van der Waals surface area contributed by atoms with Crippen LogP contribution in [0.2, 0.25) is 0 Å². The van der Waals surface area contributed by atoms with E-state index < -0.39 is 0 Å². The van der Waals surface area contributed by atoms with Crippen LogP contribution >= 0.6 is 0 Å². The second-order valence-corrected chi connectivity index (χ2v) is 4.35. The van der Waals surface area contributed by atoms with Crippen molar-refractivity contribution in [3.63, 3.8) is 0 Å². The molecule has 0 aromatic carbocycles. The van der Waals surface area contributed by atoms with Crippen LogP contribution in [0.3, 0.4) is 0 Å². The first-order valence-corrected chi connectivity index (χ1v) is 5.49. The molecular formula is C11H18O3. The molecular weight excluding hydrogens is 180 g/mol. The van der Waals surface area contributed by atoms with Crippen molar-refractivity contribution < 1.29 is 14.3 Å². The normalized spacial score (nSPS) is 28.6. The first-order chi connectivity index (χ1) is 6.87. The second kappa shape index (κ2) is 4.41. The summed E-state index contributed by atoms with van der Waals surface area (Å²) >= 11 is 0. The molecule has 0 aliphatic carbocycles. The summed E-state index contributed by atoms with van der Waals surface area (Å²) in [5.74, 6) is 0.526. The van der Waals surface area contributed by atoms with Gasteiger partial charge in [-0.25, -0.2) is 0 Å². The van der Waals surface area contributed by atoms with Crippen LogP contribution in [0.15, 0.2) is 0 Å². The van der Waals surface area contributed by atoms with Gasteiger partial charge in [0, 0.05) is 31.8 Å². The SMILES string of the molecule is O=CC1(C2CCOCC2)CCOCC1. The fourth-order valence-corrected chi connectivity index (χ4v) is 2.65. The quantitative estimate of drug-likeness (QED) is 0.629. The summed E-state index contributed by atoms with van der Waals surface area (Å²) in [6.07, 6.45) is 5.07. The molecule has 2 saturated heterocycles. The van der Waals surface area contributed by atoms with Gasteiger partial charge in [0.05, 0.1) is 0 Å². The zero-order chi connectivity index (χ0) is 9.86. The standard InChI is InChI=1S/C11H18O3/c12-9-11(3-7-14-8-4-11)10-1-5-13-6-2-10/h9-10H,1-8H2. The minimum Gasteiger partial charge on any atom is -0.381 e. The molecule has 2 rings (SSSR count). The van der Waals surface area contributed by atoms with E-state index in [4.69, 9.17) is 9.47 Å². The third-order valence-corrected chi connectivity index (χ3v) is 3.69. The molecule has 2 heterocycles. The lowest BCUT2D eigenvalue weighted by Crippen LogP contribution is -2.40. The maximum absolute atomic E-state index is 11.3. The summed E-state index contributed by atoms with van der Waals surface area (Å²) in [6.45, 7) is 3.13. The van der Waals surface area contributed by atoms with E-state index in [9.17, 15) is 4.79 Å². The number of carbonyl (C=O) groups is 1. The zero-order valence-corrected chi connectivity index (χ0v) is 8.54. The minimum absolute atomic E-state index is 0.0952. The summed E-state index contributed by atoms with van der Waals surface area (Å²) in [7, 11) is 0. The summed E-state index contributed by atoms with van der Waals surface area (Å²) < 4.78 is 10.7. The predicted molar refractivity (Wildman–Crippen MR) is 52.1 cm³/mol. The van der Waals surface area contributed by atoms with Crippen LogP contribution in [-0.2, 0) is 14.3 Å². The van der Waals surface area contributed by atoms with Crippen LogP contribution in [0, 0.1) is 11.3 Å². The molecule has 80 valence electrons. The lowest BCUT2D eigenvalue weighted by molar-refractivity contribution is -0.129. The second-order valence-electron chi connectivity index (χ2n) is 4.35. The van der Waals surface area contributed by atoms with Crippen molar-refractivity contribution in [2.24, 2.45) is 11.3 Å². The molecule has 0 aromatic heterocycles. The molecule has 0 amide bonds. The average molecular weight is 198 g/mol. The van der Waals surface area contributed by atoms with Gasteiger partial charge in [-0.15, -0.1) is 0 Å². The number of aldehydes is 1. The fourth-order valence-electron chi connectivity index (χ4n) is 2.65. The van der Waals surface area contributed by atoms with Gasteiger partial charge in [0.1, 0.15) is 6.29 Å². The van der Waals surface area contributed by atoms with E-state index in [-0.39, 0.29) is 5.41 Å². The van der Waals surface area contributed by atoms with E-state index in [0.717, 1.165) is 52.1 Å². The molecule has 0 spiro atoms. The van der Waals surface area contributed by atoms with Crippen molar-refractivity contribution in [1.29, 1.82) is 0 Å². The largest absolute Gasteiger partial charge is 0.381 e. The van der Waals surface area contributed by atoms with Crippen molar-refractivity contribution in [2.45, 2.75) is 25.7 Å². The third kappa shape index (κ3) is 1.84. The van der Waals surface area contributed by atoms with E-state index in [1.165, 1.54) is 6.29 Å². The lowest BCUT2D eigenvalue weighted by Gasteiger charge is -2.40. The van der Waals surface area contributed by atoms with E-state index >= 15 is 0 Å². The highest BCUT2D eigenvalue weighted by molar-refractivity contribution is 5.60. The Kier molecular flexibility index (Phi) is 3.19. The van der Waals surface area contributed by atoms with Crippen LogP contribution in [0.25, 0.3) is 0 Å². The Morgan fingerprint density at radius 2 is 1.57 bits per heavy atom. The van der Waals surface area contributed by atoms with Gasteiger partial charge in [0.25, 0.3) is 0 Å². The third-order valence-electron chi connectivity index (χ3n) is 3.69. The van der Waals surface area contributed by atoms with Crippen LogP contribution < -0.4 is 0 Å². The summed E-state index contributed by atoms with van der Waals surface area (Å²) in [5, 5.41) is 0. The van der Waals surface area contributed by atoms with E-state index in [2.05, 4.69) is 0 Å². The van der Waals surface area contributed by atoms with Gasteiger partial charge in [-0.3, -0.25) is 0 Å². The first kappa shape index (κ1) is 10.1. The van der Waals surface area contributed by atoms with Crippen LogP contribution in [-0.4, -0.2) is 32.7 Å². The van der Waals surface area contributed by atoms with E-state index in [0.29, 0.717) is 5.92 Å². The predicted octanol–water partition coefficient (Wildman–Crippen LogP) is 1.41. The molecule has 0 bridgehead atoms. The molecule has 2 fully saturated rings. The fraction of sp³-hybridized carbons (Fsp3) is 0.909. The molecule has 3 heteroatoms. The summed E-state index contributed by atoms with van der Waals surface area (Å²) in [6, 6.07) is 0. The van der Waals surface area contributed by atoms with Crippen molar-refractivity contribution in [3.8, 4) is 0 Å². The van der Waals surface area contributed by atoms with Crippen LogP contribution in [0.1, 0.15) is 25.7 Å². The summed E-state index contributed by atoms with van der Waals surface area (Å²) in [4.78, 5) is 11.3. The molecule has 0 unspecified atom stereocenters. The Morgan fingerprint density at radius 1 is 1.00 bits per heavy atom. The zero-order valence-electron chi connectivity index (χ0n) is 8.54. The minimum atomic E-state index is -0.0952. The topological polar surface area (TPSA) is 35.5 Å². The monoisotopic (exact) mass is 198 g/mol. The van der Waals surface area contributed by atoms with Crippen molar-refractivity contribution >= 4 is 6.29 Å². The average Bonchev–Trinajstić information content (AvgIpc) is 2.31. The highest BCUT2D eigenvalue weighted by Crippen LogP contribution is 2.41. The molecule has 14 heavy (non-hydrogen) atoms. The Morgan fingerprint density at radius 3 is 2.14 bits per heavy atom. The van der Waals surface area contributed by atoms with E-state index in [1.54, 1.807) is 0 Å². The molecule has 2 aliphatic rings. The van der Waals surface area contributed by atoms with Gasteiger partial charge in [-0.05, 0) is 31.6 Å². The number of ether oxygens (including phenoxy) is 2. The number of carbonyl (C=O) groups excluding carboxylic acids is 1. The lowest BCUT2D eigenvalue weighted by atomic mass is 9.68. The van der Waals surface area contributed by atoms with Gasteiger partial charge >= 0.3 is 0 Å². The maximum atomic E-state index is 11.3. The van der Waals surface area contributed by atoms with Gasteiger partial charge < -0.3 is 14.3 Å². The van der Waals surface area contributed by atoms with Crippen molar-refractivity contribution in [3.05, 3.63) is 0 Å². The molecule has 3 nitrogen and oxygen atoms in total. The molecule has 0 atom stereocenters. The van der Waals surface area contributed by atoms with Crippen molar-refractivity contribution in [2.75, 3.05) is 26.4 Å². The first-order valence-electron chi connectivity index (χ1n) is 5.49. The Bertz CT molecular complexity index is 191. The van der Waals surface area contributed by atoms with Gasteiger partial charge in [0.15, 0.2) is 0 Å². The van der Waals surface area contributed by atoms with Crippen molar-refractivity contribution in [1.82, 2.24) is 0 Å². The number of hydrogen-bond acceptors (Lipinski definition) is 3. The van der Waals surface area contributed by atoms with Gasteiger partial charge in [-0.2, -0.15) is 0 Å². The smallest absolute Gasteiger partial charge is 0.126 e. The Balaban J connectivity index is 2.04. The Hall–Kier alpha value is -0.410. The Labute approximate surface area is 84.8 Å². The van der Waals surface area contributed by atoms with E-state index in [1.807, 2.05) is 0 Å². The number of hydrogen-bond donors (Lipinski definition) is 0. The van der Waals surface area contributed by atoms with Crippen LogP contribution in [0.4, 0.5) is 0 Å². The molecule has 2 aliphatic heterocycles. The molecule has 0 aromatic rings. The maximum Gasteiger partial charge on any atom is 0.126 e. The van der Waals surface area contributed by atoms with Crippen LogP contribution in [0.5, 0.6) is 0 Å². The van der Waals surface area contributed by atoms with Gasteiger partial charge in [0.2, 0.25) is 0 Å². The summed E-state index contributed by atoms with van der Waals surface area (Å²) in [5.41, 5.74) is -0.0952. The molecule has 0 N–H and O–H groups in total. The van der Waals surface area contributed by atoms with Gasteiger partial charge in [-0.1, -0.05) is 0 Å². The molecule has 0 saturated carbocycles. The molecule has 0 radical (unpaired) electrons. The highest BCUT2D eigenvalue weighted by atomic mass is 16.5. The highest BCUT2D eigenvalue weighted by Gasteiger charge is 2.40.